The summed E-state index contributed by atoms with van der Waals surface area (Å²) in [5, 5.41) is 0. The Labute approximate surface area is 128 Å². The lowest BCUT2D eigenvalue weighted by Gasteiger charge is -2.17. The number of rotatable bonds is 4. The predicted octanol–water partition coefficient (Wildman–Crippen LogP) is 3.47. The lowest BCUT2D eigenvalue weighted by Crippen LogP contribution is -2.24. The number of halogens is 1. The standard InChI is InChI=1S/C16H15ClN2O2/c17-10-12-8-16(20)19(11-12)13-4-3-5-14(9-13)21-15-6-1-2-7-18-15/h1-7,9,12H,8,10-11H2. The molecule has 2 aromatic rings. The summed E-state index contributed by atoms with van der Waals surface area (Å²) < 4.78 is 5.69. The molecule has 1 atom stereocenters. The fourth-order valence-electron chi connectivity index (χ4n) is 2.38. The zero-order valence-corrected chi connectivity index (χ0v) is 12.2. The van der Waals surface area contributed by atoms with Gasteiger partial charge in [-0.3, -0.25) is 4.79 Å². The summed E-state index contributed by atoms with van der Waals surface area (Å²) in [5.41, 5.74) is 0.834. The van der Waals surface area contributed by atoms with Gasteiger partial charge in [-0.2, -0.15) is 0 Å². The van der Waals surface area contributed by atoms with Crippen LogP contribution in [0, 0.1) is 5.92 Å². The quantitative estimate of drug-likeness (QED) is 0.812. The van der Waals surface area contributed by atoms with Gasteiger partial charge >= 0.3 is 0 Å². The average Bonchev–Trinajstić information content (AvgIpc) is 2.90. The number of ether oxygens (including phenoxy) is 1. The lowest BCUT2D eigenvalue weighted by atomic mass is 10.1. The van der Waals surface area contributed by atoms with Gasteiger partial charge in [-0.15, -0.1) is 11.6 Å². The van der Waals surface area contributed by atoms with Gasteiger partial charge in [-0.05, 0) is 24.1 Å². The van der Waals surface area contributed by atoms with E-state index in [1.165, 1.54) is 0 Å². The Bertz CT molecular complexity index is 633. The van der Waals surface area contributed by atoms with E-state index in [2.05, 4.69) is 4.98 Å². The van der Waals surface area contributed by atoms with Gasteiger partial charge in [-0.25, -0.2) is 4.98 Å². The zero-order valence-electron chi connectivity index (χ0n) is 11.4. The molecule has 2 heterocycles. The van der Waals surface area contributed by atoms with Gasteiger partial charge in [-0.1, -0.05) is 12.1 Å². The van der Waals surface area contributed by atoms with Crippen molar-refractivity contribution in [2.75, 3.05) is 17.3 Å². The molecule has 0 saturated carbocycles. The minimum atomic E-state index is 0.107. The summed E-state index contributed by atoms with van der Waals surface area (Å²) in [6, 6.07) is 13.0. The molecule has 0 bridgehead atoms. The van der Waals surface area contributed by atoms with E-state index in [1.54, 1.807) is 17.2 Å². The van der Waals surface area contributed by atoms with E-state index in [1.807, 2.05) is 36.4 Å². The van der Waals surface area contributed by atoms with Gasteiger partial charge in [0.05, 0.1) is 0 Å². The van der Waals surface area contributed by atoms with E-state index >= 15 is 0 Å². The van der Waals surface area contributed by atoms with Gasteiger partial charge < -0.3 is 9.64 Å². The largest absolute Gasteiger partial charge is 0.439 e. The third kappa shape index (κ3) is 3.16. The SMILES string of the molecule is O=C1CC(CCl)CN1c1cccc(Oc2ccccn2)c1. The van der Waals surface area contributed by atoms with Crippen molar-refractivity contribution in [2.24, 2.45) is 5.92 Å². The molecule has 1 aromatic heterocycles. The molecule has 4 nitrogen and oxygen atoms in total. The molecular weight excluding hydrogens is 288 g/mol. The Balaban J connectivity index is 1.79. The van der Waals surface area contributed by atoms with E-state index in [9.17, 15) is 4.79 Å². The molecule has 1 aliphatic rings. The lowest BCUT2D eigenvalue weighted by molar-refractivity contribution is -0.117. The first-order valence-corrected chi connectivity index (χ1v) is 7.35. The molecule has 0 N–H and O–H groups in total. The number of alkyl halides is 1. The van der Waals surface area contributed by atoms with Gasteiger partial charge in [0.15, 0.2) is 0 Å². The van der Waals surface area contributed by atoms with E-state index < -0.39 is 0 Å². The van der Waals surface area contributed by atoms with Crippen LogP contribution in [-0.2, 0) is 4.79 Å². The van der Waals surface area contributed by atoms with Crippen molar-refractivity contribution in [1.29, 1.82) is 0 Å². The first-order chi connectivity index (χ1) is 10.3. The highest BCUT2D eigenvalue weighted by Crippen LogP contribution is 2.29. The molecule has 0 aliphatic carbocycles. The van der Waals surface area contributed by atoms with Crippen LogP contribution in [0.5, 0.6) is 11.6 Å². The predicted molar refractivity (Wildman–Crippen MR) is 81.9 cm³/mol. The molecule has 0 radical (unpaired) electrons. The van der Waals surface area contributed by atoms with Crippen LogP contribution in [0.4, 0.5) is 5.69 Å². The second-order valence-electron chi connectivity index (χ2n) is 5.00. The Morgan fingerprint density at radius 2 is 2.19 bits per heavy atom. The second-order valence-corrected chi connectivity index (χ2v) is 5.30. The number of hydrogen-bond acceptors (Lipinski definition) is 3. The summed E-state index contributed by atoms with van der Waals surface area (Å²) >= 11 is 5.85. The molecule has 5 heteroatoms. The maximum atomic E-state index is 12.0. The number of amides is 1. The van der Waals surface area contributed by atoms with Crippen LogP contribution < -0.4 is 9.64 Å². The highest BCUT2D eigenvalue weighted by Gasteiger charge is 2.30. The number of anilines is 1. The first-order valence-electron chi connectivity index (χ1n) is 6.81. The van der Waals surface area contributed by atoms with Gasteiger partial charge in [0.2, 0.25) is 11.8 Å². The van der Waals surface area contributed by atoms with Crippen molar-refractivity contribution in [3.8, 4) is 11.6 Å². The van der Waals surface area contributed by atoms with E-state index in [-0.39, 0.29) is 11.8 Å². The Morgan fingerprint density at radius 1 is 1.29 bits per heavy atom. The van der Waals surface area contributed by atoms with Crippen LogP contribution in [0.15, 0.2) is 48.7 Å². The number of carbonyl (C=O) groups is 1. The maximum absolute atomic E-state index is 12.0. The zero-order chi connectivity index (χ0) is 14.7. The smallest absolute Gasteiger partial charge is 0.227 e. The fourth-order valence-corrected chi connectivity index (χ4v) is 2.58. The van der Waals surface area contributed by atoms with Gasteiger partial charge in [0, 0.05) is 42.9 Å². The Morgan fingerprint density at radius 3 is 2.90 bits per heavy atom. The molecule has 108 valence electrons. The van der Waals surface area contributed by atoms with Crippen LogP contribution in [0.1, 0.15) is 6.42 Å². The number of carbonyl (C=O) groups excluding carboxylic acids is 1. The van der Waals surface area contributed by atoms with Gasteiger partial charge in [0.1, 0.15) is 5.75 Å². The van der Waals surface area contributed by atoms with Crippen LogP contribution in [0.2, 0.25) is 0 Å². The van der Waals surface area contributed by atoms with Crippen LogP contribution in [0.3, 0.4) is 0 Å². The summed E-state index contributed by atoms with van der Waals surface area (Å²) in [5.74, 6) is 2.02. The number of benzene rings is 1. The van der Waals surface area contributed by atoms with Crippen LogP contribution >= 0.6 is 11.6 Å². The molecule has 1 aliphatic heterocycles. The number of aromatic nitrogens is 1. The molecule has 3 rings (SSSR count). The van der Waals surface area contributed by atoms with Crippen molar-refractivity contribution in [3.05, 3.63) is 48.7 Å². The maximum Gasteiger partial charge on any atom is 0.227 e. The Kier molecular flexibility index (Phi) is 4.06. The van der Waals surface area contributed by atoms with E-state index in [0.717, 1.165) is 5.69 Å². The molecule has 1 amide bonds. The molecule has 1 unspecified atom stereocenters. The average molecular weight is 303 g/mol. The van der Waals surface area contributed by atoms with E-state index in [0.29, 0.717) is 30.5 Å². The normalized spacial score (nSPS) is 18.0. The third-order valence-electron chi connectivity index (χ3n) is 3.41. The summed E-state index contributed by atoms with van der Waals surface area (Å²) in [6.07, 6.45) is 2.18. The van der Waals surface area contributed by atoms with Crippen LogP contribution in [0.25, 0.3) is 0 Å². The molecule has 21 heavy (non-hydrogen) atoms. The molecule has 1 saturated heterocycles. The fraction of sp³-hybridized carbons (Fsp3) is 0.250. The minimum absolute atomic E-state index is 0.107. The van der Waals surface area contributed by atoms with Crippen molar-refractivity contribution >= 4 is 23.2 Å². The summed E-state index contributed by atoms with van der Waals surface area (Å²) in [7, 11) is 0. The number of hydrogen-bond donors (Lipinski definition) is 0. The molecule has 1 aromatic carbocycles. The molecule has 1 fully saturated rings. The van der Waals surface area contributed by atoms with Crippen molar-refractivity contribution in [1.82, 2.24) is 4.98 Å². The second kappa shape index (κ2) is 6.14. The highest BCUT2D eigenvalue weighted by atomic mass is 35.5. The Hall–Kier alpha value is -2.07. The topological polar surface area (TPSA) is 42.4 Å². The molecule has 0 spiro atoms. The highest BCUT2D eigenvalue weighted by molar-refractivity contribution is 6.18. The van der Waals surface area contributed by atoms with Gasteiger partial charge in [0.25, 0.3) is 0 Å². The van der Waals surface area contributed by atoms with Crippen molar-refractivity contribution in [3.63, 3.8) is 0 Å². The monoisotopic (exact) mass is 302 g/mol. The third-order valence-corrected chi connectivity index (χ3v) is 3.85. The summed E-state index contributed by atoms with van der Waals surface area (Å²) in [6.45, 7) is 0.662. The number of nitrogens with zero attached hydrogens (tertiary/aromatic N) is 2. The van der Waals surface area contributed by atoms with Crippen LogP contribution in [-0.4, -0.2) is 23.3 Å². The summed E-state index contributed by atoms with van der Waals surface area (Å²) in [4.78, 5) is 17.9. The number of pyridine rings is 1. The van der Waals surface area contributed by atoms with Crippen molar-refractivity contribution in [2.45, 2.75) is 6.42 Å². The molecular formula is C16H15ClN2O2. The van der Waals surface area contributed by atoms with Crippen molar-refractivity contribution < 1.29 is 9.53 Å². The first kappa shape index (κ1) is 13.9. The minimum Gasteiger partial charge on any atom is -0.439 e. The van der Waals surface area contributed by atoms with E-state index in [4.69, 9.17) is 16.3 Å².